The lowest BCUT2D eigenvalue weighted by molar-refractivity contribution is -0.142. The first-order valence-electron chi connectivity index (χ1n) is 7.59. The Morgan fingerprint density at radius 1 is 1.22 bits per heavy atom. The van der Waals surface area contributed by atoms with Crippen LogP contribution in [-0.2, 0) is 6.18 Å². The quantitative estimate of drug-likeness (QED) is 0.831. The summed E-state index contributed by atoms with van der Waals surface area (Å²) < 4.78 is 54.1. The van der Waals surface area contributed by atoms with Gasteiger partial charge in [-0.3, -0.25) is 4.90 Å². The standard InChI is InChI=1S/C16H22F4N2O/c1-15(2,10-23)14(22-8-6-21-7-9-22)11-4-3-5-12(17)13(11)16(18,19)20/h3-5,14,21,23H,6-10H2,1-2H3/t14-/m0/s1. The van der Waals surface area contributed by atoms with Crippen molar-refractivity contribution in [1.82, 2.24) is 10.2 Å². The normalized spacial score (nSPS) is 18.9. The van der Waals surface area contributed by atoms with Crippen LogP contribution in [0.2, 0.25) is 0 Å². The molecule has 2 N–H and O–H groups in total. The number of piperazine rings is 1. The van der Waals surface area contributed by atoms with Crippen LogP contribution >= 0.6 is 0 Å². The van der Waals surface area contributed by atoms with E-state index in [4.69, 9.17) is 0 Å². The summed E-state index contributed by atoms with van der Waals surface area (Å²) in [7, 11) is 0. The molecule has 1 aliphatic heterocycles. The molecule has 7 heteroatoms. The summed E-state index contributed by atoms with van der Waals surface area (Å²) >= 11 is 0. The molecule has 1 saturated heterocycles. The van der Waals surface area contributed by atoms with E-state index in [-0.39, 0.29) is 12.2 Å². The highest BCUT2D eigenvalue weighted by Crippen LogP contribution is 2.44. The van der Waals surface area contributed by atoms with E-state index in [2.05, 4.69) is 5.32 Å². The van der Waals surface area contributed by atoms with E-state index in [9.17, 15) is 22.7 Å². The lowest BCUT2D eigenvalue weighted by atomic mass is 9.78. The number of hydrogen-bond acceptors (Lipinski definition) is 3. The van der Waals surface area contributed by atoms with Gasteiger partial charge in [-0.25, -0.2) is 4.39 Å². The van der Waals surface area contributed by atoms with Gasteiger partial charge < -0.3 is 10.4 Å². The fourth-order valence-corrected chi connectivity index (χ4v) is 3.21. The average molecular weight is 334 g/mol. The molecule has 1 atom stereocenters. The summed E-state index contributed by atoms with van der Waals surface area (Å²) in [6, 6.07) is 2.72. The number of alkyl halides is 3. The van der Waals surface area contributed by atoms with Crippen LogP contribution in [0.1, 0.15) is 31.0 Å². The van der Waals surface area contributed by atoms with Gasteiger partial charge in [-0.05, 0) is 11.6 Å². The van der Waals surface area contributed by atoms with Crippen molar-refractivity contribution in [2.45, 2.75) is 26.1 Å². The maximum Gasteiger partial charge on any atom is 0.419 e. The minimum absolute atomic E-state index is 0.113. The summed E-state index contributed by atoms with van der Waals surface area (Å²) in [6.07, 6.45) is -4.78. The average Bonchev–Trinajstić information content (AvgIpc) is 2.47. The van der Waals surface area contributed by atoms with Crippen molar-refractivity contribution in [2.75, 3.05) is 32.8 Å². The van der Waals surface area contributed by atoms with E-state index in [0.717, 1.165) is 6.07 Å². The van der Waals surface area contributed by atoms with Crippen LogP contribution in [0.5, 0.6) is 0 Å². The predicted molar refractivity (Wildman–Crippen MR) is 79.5 cm³/mol. The third kappa shape index (κ3) is 3.84. The van der Waals surface area contributed by atoms with Crippen LogP contribution in [0.4, 0.5) is 17.6 Å². The molecule has 0 amide bonds. The number of aliphatic hydroxyl groups is 1. The van der Waals surface area contributed by atoms with Gasteiger partial charge >= 0.3 is 6.18 Å². The Kier molecular flexibility index (Phi) is 5.33. The highest BCUT2D eigenvalue weighted by Gasteiger charge is 2.44. The molecule has 0 saturated carbocycles. The Hall–Kier alpha value is -1.18. The first-order chi connectivity index (χ1) is 10.7. The Labute approximate surface area is 133 Å². The molecule has 3 nitrogen and oxygen atoms in total. The summed E-state index contributed by atoms with van der Waals surface area (Å²) in [5, 5.41) is 12.8. The number of rotatable bonds is 4. The Morgan fingerprint density at radius 2 is 1.83 bits per heavy atom. The zero-order valence-corrected chi connectivity index (χ0v) is 13.3. The molecular weight excluding hydrogens is 312 g/mol. The van der Waals surface area contributed by atoms with Gasteiger partial charge in [-0.15, -0.1) is 0 Å². The molecule has 23 heavy (non-hydrogen) atoms. The van der Waals surface area contributed by atoms with E-state index in [1.54, 1.807) is 13.8 Å². The van der Waals surface area contributed by atoms with E-state index in [1.165, 1.54) is 12.1 Å². The first-order valence-corrected chi connectivity index (χ1v) is 7.59. The Balaban J connectivity index is 2.58. The highest BCUT2D eigenvalue weighted by atomic mass is 19.4. The van der Waals surface area contributed by atoms with Crippen LogP contribution in [0.3, 0.4) is 0 Å². The molecule has 0 spiro atoms. The summed E-state index contributed by atoms with van der Waals surface area (Å²) in [5.74, 6) is -1.27. The van der Waals surface area contributed by atoms with E-state index in [1.807, 2.05) is 4.90 Å². The lowest BCUT2D eigenvalue weighted by Gasteiger charge is -2.44. The van der Waals surface area contributed by atoms with Crippen LogP contribution < -0.4 is 5.32 Å². The maximum atomic E-state index is 14.0. The van der Waals surface area contributed by atoms with Crippen molar-refractivity contribution < 1.29 is 22.7 Å². The van der Waals surface area contributed by atoms with Gasteiger partial charge in [-0.2, -0.15) is 13.2 Å². The van der Waals surface area contributed by atoms with Crippen LogP contribution in [0.25, 0.3) is 0 Å². The molecule has 2 rings (SSSR count). The fourth-order valence-electron chi connectivity index (χ4n) is 3.21. The molecule has 1 fully saturated rings. The van der Waals surface area contributed by atoms with Gasteiger partial charge in [0.1, 0.15) is 5.82 Å². The predicted octanol–water partition coefficient (Wildman–Crippen LogP) is 2.81. The molecule has 0 aromatic heterocycles. The molecule has 0 unspecified atom stereocenters. The number of benzene rings is 1. The first kappa shape index (κ1) is 18.2. The Bertz CT molecular complexity index is 539. The van der Waals surface area contributed by atoms with Crippen LogP contribution in [0.15, 0.2) is 18.2 Å². The van der Waals surface area contributed by atoms with Crippen molar-refractivity contribution in [3.8, 4) is 0 Å². The second kappa shape index (κ2) is 6.75. The third-order valence-electron chi connectivity index (χ3n) is 4.29. The topological polar surface area (TPSA) is 35.5 Å². The van der Waals surface area contributed by atoms with Gasteiger partial charge in [0.2, 0.25) is 0 Å². The summed E-state index contributed by atoms with van der Waals surface area (Å²) in [5.41, 5.74) is -2.19. The molecule has 0 bridgehead atoms. The van der Waals surface area contributed by atoms with Crippen LogP contribution in [0, 0.1) is 11.2 Å². The molecule has 1 aliphatic rings. The number of aliphatic hydroxyl groups excluding tert-OH is 1. The second-order valence-electron chi connectivity index (χ2n) is 6.54. The van der Waals surface area contributed by atoms with Gasteiger partial charge in [0, 0.05) is 44.2 Å². The zero-order valence-electron chi connectivity index (χ0n) is 13.3. The lowest BCUT2D eigenvalue weighted by Crippen LogP contribution is -2.50. The van der Waals surface area contributed by atoms with Crippen molar-refractivity contribution in [1.29, 1.82) is 0 Å². The van der Waals surface area contributed by atoms with E-state index in [0.29, 0.717) is 26.2 Å². The molecule has 1 aromatic rings. The van der Waals surface area contributed by atoms with Gasteiger partial charge in [0.05, 0.1) is 5.56 Å². The SMILES string of the molecule is CC(C)(CO)[C@H](c1cccc(F)c1C(F)(F)F)N1CCNCC1. The molecule has 1 aromatic carbocycles. The number of halogens is 4. The summed E-state index contributed by atoms with van der Waals surface area (Å²) in [4.78, 5) is 1.89. The summed E-state index contributed by atoms with van der Waals surface area (Å²) in [6.45, 7) is 5.48. The molecular formula is C16H22F4N2O. The van der Waals surface area contributed by atoms with Crippen molar-refractivity contribution in [3.05, 3.63) is 35.1 Å². The van der Waals surface area contributed by atoms with E-state index >= 15 is 0 Å². The maximum absolute atomic E-state index is 14.0. The molecule has 0 aliphatic carbocycles. The minimum Gasteiger partial charge on any atom is -0.396 e. The van der Waals surface area contributed by atoms with Crippen molar-refractivity contribution >= 4 is 0 Å². The van der Waals surface area contributed by atoms with Crippen LogP contribution in [-0.4, -0.2) is 42.8 Å². The monoisotopic (exact) mass is 334 g/mol. The van der Waals surface area contributed by atoms with Crippen molar-refractivity contribution in [2.24, 2.45) is 5.41 Å². The number of nitrogens with zero attached hydrogens (tertiary/aromatic N) is 1. The van der Waals surface area contributed by atoms with Gasteiger partial charge in [-0.1, -0.05) is 26.0 Å². The number of hydrogen-bond donors (Lipinski definition) is 2. The third-order valence-corrected chi connectivity index (χ3v) is 4.29. The number of nitrogens with one attached hydrogen (secondary N) is 1. The molecule has 130 valence electrons. The van der Waals surface area contributed by atoms with E-state index < -0.39 is 29.0 Å². The zero-order chi connectivity index (χ0) is 17.3. The largest absolute Gasteiger partial charge is 0.419 e. The molecule has 1 heterocycles. The van der Waals surface area contributed by atoms with Gasteiger partial charge in [0.15, 0.2) is 0 Å². The highest BCUT2D eigenvalue weighted by molar-refractivity contribution is 5.35. The smallest absolute Gasteiger partial charge is 0.396 e. The fraction of sp³-hybridized carbons (Fsp3) is 0.625. The second-order valence-corrected chi connectivity index (χ2v) is 6.54. The van der Waals surface area contributed by atoms with Crippen molar-refractivity contribution in [3.63, 3.8) is 0 Å². The Morgan fingerprint density at radius 3 is 2.35 bits per heavy atom. The van der Waals surface area contributed by atoms with Gasteiger partial charge in [0.25, 0.3) is 0 Å². The minimum atomic E-state index is -4.78. The molecule has 0 radical (unpaired) electrons.